The van der Waals surface area contributed by atoms with Crippen LogP contribution >= 0.6 is 0 Å². The lowest BCUT2D eigenvalue weighted by Crippen LogP contribution is -2.30. The van der Waals surface area contributed by atoms with Crippen molar-refractivity contribution < 1.29 is 9.21 Å². The van der Waals surface area contributed by atoms with Crippen LogP contribution in [-0.4, -0.2) is 15.8 Å². The zero-order valence-corrected chi connectivity index (χ0v) is 17.5. The van der Waals surface area contributed by atoms with Gasteiger partial charge in [-0.2, -0.15) is 0 Å². The molecule has 0 N–H and O–H groups in total. The highest BCUT2D eigenvalue weighted by Crippen LogP contribution is 2.23. The summed E-state index contributed by atoms with van der Waals surface area (Å²) < 4.78 is 5.55. The van der Waals surface area contributed by atoms with Crippen molar-refractivity contribution in [2.24, 2.45) is 0 Å². The first-order valence-electron chi connectivity index (χ1n) is 10.6. The summed E-state index contributed by atoms with van der Waals surface area (Å²) >= 11 is 0. The first-order valence-corrected chi connectivity index (χ1v) is 10.6. The molecule has 0 aliphatic heterocycles. The molecule has 4 nitrogen and oxygen atoms in total. The summed E-state index contributed by atoms with van der Waals surface area (Å²) in [7, 11) is 0. The Morgan fingerprint density at radius 2 is 1.66 bits per heavy atom. The van der Waals surface area contributed by atoms with Gasteiger partial charge in [0.05, 0.1) is 18.3 Å². The molecule has 0 unspecified atom stereocenters. The number of aromatic nitrogens is 1. The van der Waals surface area contributed by atoms with E-state index >= 15 is 0 Å². The molecule has 4 heteroatoms. The summed E-state index contributed by atoms with van der Waals surface area (Å²) in [5.74, 6) is 0.706. The van der Waals surface area contributed by atoms with Gasteiger partial charge in [0, 0.05) is 23.7 Å². The standard InChI is InChI=1S/C28H22N2O2/c31-28(25-13-14-27-24(18-25)11-5-15-29-27)30(20-26-12-6-16-32-26)19-21-7-4-10-23(17-21)22-8-2-1-3-9-22/h1-18H,19-20H2. The number of carbonyl (C=O) groups is 1. The van der Waals surface area contributed by atoms with E-state index in [2.05, 4.69) is 35.3 Å². The lowest BCUT2D eigenvalue weighted by Gasteiger charge is -2.22. The molecule has 5 aromatic rings. The Morgan fingerprint density at radius 3 is 2.50 bits per heavy atom. The summed E-state index contributed by atoms with van der Waals surface area (Å²) in [4.78, 5) is 19.7. The van der Waals surface area contributed by atoms with E-state index in [1.807, 2.05) is 71.6 Å². The molecule has 0 spiro atoms. The summed E-state index contributed by atoms with van der Waals surface area (Å²) in [6.45, 7) is 0.873. The van der Waals surface area contributed by atoms with Crippen molar-refractivity contribution in [3.63, 3.8) is 0 Å². The zero-order chi connectivity index (χ0) is 21.8. The van der Waals surface area contributed by atoms with Crippen molar-refractivity contribution in [3.8, 4) is 11.1 Å². The molecule has 0 aliphatic carbocycles. The van der Waals surface area contributed by atoms with Crippen LogP contribution in [-0.2, 0) is 13.1 Å². The molecule has 0 atom stereocenters. The molecule has 0 radical (unpaired) electrons. The van der Waals surface area contributed by atoms with Crippen LogP contribution in [0.2, 0.25) is 0 Å². The maximum atomic E-state index is 13.5. The Kier molecular flexibility index (Phi) is 5.50. The molecule has 3 aromatic carbocycles. The van der Waals surface area contributed by atoms with Crippen LogP contribution in [0.3, 0.4) is 0 Å². The van der Waals surface area contributed by atoms with Gasteiger partial charge >= 0.3 is 0 Å². The third kappa shape index (κ3) is 4.30. The lowest BCUT2D eigenvalue weighted by atomic mass is 10.0. The first-order chi connectivity index (χ1) is 15.8. The van der Waals surface area contributed by atoms with E-state index in [1.165, 1.54) is 0 Å². The second kappa shape index (κ2) is 8.90. The molecule has 0 fully saturated rings. The van der Waals surface area contributed by atoms with E-state index < -0.39 is 0 Å². The number of carbonyl (C=O) groups excluding carboxylic acids is 1. The summed E-state index contributed by atoms with van der Waals surface area (Å²) in [6.07, 6.45) is 3.39. The number of rotatable bonds is 6. The van der Waals surface area contributed by atoms with Gasteiger partial charge < -0.3 is 9.32 Å². The number of fused-ring (bicyclic) bond motifs is 1. The normalized spacial score (nSPS) is 10.9. The van der Waals surface area contributed by atoms with Crippen LogP contribution in [0, 0.1) is 0 Å². The number of hydrogen-bond donors (Lipinski definition) is 0. The molecule has 0 aliphatic rings. The minimum atomic E-state index is -0.0442. The minimum absolute atomic E-state index is 0.0442. The van der Waals surface area contributed by atoms with Gasteiger partial charge in [-0.25, -0.2) is 0 Å². The van der Waals surface area contributed by atoms with Gasteiger partial charge in [0.2, 0.25) is 0 Å². The van der Waals surface area contributed by atoms with Crippen LogP contribution in [0.1, 0.15) is 21.7 Å². The fourth-order valence-electron chi connectivity index (χ4n) is 3.88. The van der Waals surface area contributed by atoms with Crippen molar-refractivity contribution in [1.29, 1.82) is 0 Å². The highest BCUT2D eigenvalue weighted by molar-refractivity contribution is 5.97. The van der Waals surface area contributed by atoms with E-state index in [4.69, 9.17) is 4.42 Å². The van der Waals surface area contributed by atoms with Gasteiger partial charge in [0.15, 0.2) is 0 Å². The smallest absolute Gasteiger partial charge is 0.254 e. The van der Waals surface area contributed by atoms with Gasteiger partial charge in [-0.05, 0) is 59.2 Å². The quantitative estimate of drug-likeness (QED) is 0.323. The second-order valence-electron chi connectivity index (χ2n) is 7.72. The van der Waals surface area contributed by atoms with Crippen molar-refractivity contribution in [3.05, 3.63) is 126 Å². The largest absolute Gasteiger partial charge is 0.467 e. The Hall–Kier alpha value is -4.18. The van der Waals surface area contributed by atoms with Gasteiger partial charge in [-0.15, -0.1) is 0 Å². The average molecular weight is 418 g/mol. The summed E-state index contributed by atoms with van der Waals surface area (Å²) in [6, 6.07) is 31.8. The molecule has 1 amide bonds. The molecule has 0 bridgehead atoms. The highest BCUT2D eigenvalue weighted by Gasteiger charge is 2.19. The van der Waals surface area contributed by atoms with Crippen molar-refractivity contribution in [2.75, 3.05) is 0 Å². The van der Waals surface area contributed by atoms with Crippen LogP contribution in [0.4, 0.5) is 0 Å². The van der Waals surface area contributed by atoms with E-state index in [1.54, 1.807) is 12.5 Å². The van der Waals surface area contributed by atoms with Crippen molar-refractivity contribution in [2.45, 2.75) is 13.1 Å². The molecular weight excluding hydrogens is 396 g/mol. The fourth-order valence-corrected chi connectivity index (χ4v) is 3.88. The van der Waals surface area contributed by atoms with Crippen LogP contribution in [0.5, 0.6) is 0 Å². The number of hydrogen-bond acceptors (Lipinski definition) is 3. The maximum Gasteiger partial charge on any atom is 0.254 e. The fraction of sp³-hybridized carbons (Fsp3) is 0.0714. The van der Waals surface area contributed by atoms with Crippen molar-refractivity contribution >= 4 is 16.8 Å². The molecule has 0 saturated heterocycles. The van der Waals surface area contributed by atoms with Crippen LogP contribution in [0.25, 0.3) is 22.0 Å². The van der Waals surface area contributed by atoms with E-state index in [9.17, 15) is 4.79 Å². The molecule has 0 saturated carbocycles. The average Bonchev–Trinajstić information content (AvgIpc) is 3.37. The third-order valence-electron chi connectivity index (χ3n) is 5.47. The number of amides is 1. The van der Waals surface area contributed by atoms with Crippen molar-refractivity contribution in [1.82, 2.24) is 9.88 Å². The third-order valence-corrected chi connectivity index (χ3v) is 5.47. The molecule has 2 heterocycles. The Morgan fingerprint density at radius 1 is 0.781 bits per heavy atom. The molecule has 156 valence electrons. The van der Waals surface area contributed by atoms with Gasteiger partial charge in [-0.1, -0.05) is 54.6 Å². The topological polar surface area (TPSA) is 46.3 Å². The summed E-state index contributed by atoms with van der Waals surface area (Å²) in [5.41, 5.74) is 4.85. The molecule has 5 rings (SSSR count). The number of furan rings is 1. The monoisotopic (exact) mass is 418 g/mol. The van der Waals surface area contributed by atoms with E-state index in [-0.39, 0.29) is 5.91 Å². The number of nitrogens with zero attached hydrogens (tertiary/aromatic N) is 2. The molecular formula is C28H22N2O2. The highest BCUT2D eigenvalue weighted by atomic mass is 16.3. The molecule has 32 heavy (non-hydrogen) atoms. The Labute approximate surface area is 186 Å². The predicted molar refractivity (Wildman–Crippen MR) is 126 cm³/mol. The minimum Gasteiger partial charge on any atom is -0.467 e. The number of benzene rings is 3. The van der Waals surface area contributed by atoms with Gasteiger partial charge in [-0.3, -0.25) is 9.78 Å². The van der Waals surface area contributed by atoms with Gasteiger partial charge in [0.1, 0.15) is 5.76 Å². The Bertz CT molecular complexity index is 1340. The van der Waals surface area contributed by atoms with Crippen LogP contribution in [0.15, 0.2) is 114 Å². The Balaban J connectivity index is 1.46. The predicted octanol–water partition coefficient (Wildman–Crippen LogP) is 6.34. The van der Waals surface area contributed by atoms with Gasteiger partial charge in [0.25, 0.3) is 5.91 Å². The maximum absolute atomic E-state index is 13.5. The van der Waals surface area contributed by atoms with Crippen LogP contribution < -0.4 is 0 Å². The van der Waals surface area contributed by atoms with E-state index in [0.717, 1.165) is 33.4 Å². The second-order valence-corrected chi connectivity index (χ2v) is 7.72. The van der Waals surface area contributed by atoms with E-state index in [0.29, 0.717) is 18.7 Å². The molecule has 2 aromatic heterocycles. The zero-order valence-electron chi connectivity index (χ0n) is 17.5. The number of pyridine rings is 1. The SMILES string of the molecule is O=C(c1ccc2ncccc2c1)N(Cc1cccc(-c2ccccc2)c1)Cc1ccco1. The summed E-state index contributed by atoms with van der Waals surface area (Å²) in [5, 5.41) is 0.947. The lowest BCUT2D eigenvalue weighted by molar-refractivity contribution is 0.0718. The first kappa shape index (κ1) is 19.8.